The summed E-state index contributed by atoms with van der Waals surface area (Å²) in [6.45, 7) is 0.412. The lowest BCUT2D eigenvalue weighted by Gasteiger charge is -2.18. The van der Waals surface area contributed by atoms with Crippen LogP contribution in [0.3, 0.4) is 0 Å². The van der Waals surface area contributed by atoms with Gasteiger partial charge in [0.2, 0.25) is 5.95 Å². The van der Waals surface area contributed by atoms with Crippen LogP contribution < -0.4 is 16.9 Å². The van der Waals surface area contributed by atoms with Crippen molar-refractivity contribution in [1.29, 1.82) is 0 Å². The Balaban J connectivity index is 1.08. The number of fused-ring (bicyclic) bond motifs is 2. The van der Waals surface area contributed by atoms with Crippen molar-refractivity contribution in [2.24, 2.45) is 5.92 Å². The first kappa shape index (κ1) is 28.1. The van der Waals surface area contributed by atoms with Crippen LogP contribution in [0.5, 0.6) is 0 Å². The number of nitrogens with two attached hydrogens (primary N) is 1. The first-order valence-electron chi connectivity index (χ1n) is 12.1. The van der Waals surface area contributed by atoms with Crippen molar-refractivity contribution in [3.05, 3.63) is 39.7 Å². The van der Waals surface area contributed by atoms with Crippen molar-refractivity contribution in [3.8, 4) is 0 Å². The van der Waals surface area contributed by atoms with Gasteiger partial charge in [0.25, 0.3) is 11.1 Å². The number of alkyl halides is 1. The second-order valence-corrected chi connectivity index (χ2v) is 10.2. The fraction of sp³-hybridized carbons (Fsp3) is 0.500. The van der Waals surface area contributed by atoms with Gasteiger partial charge in [-0.25, -0.2) is 24.2 Å². The molecule has 0 radical (unpaired) electrons. The standard InChI is InChI=1S/C20H24FN9O9P2/c21-10-13(38-33)18(30-6-26-12-15(30)27-20(22)28-17(12)32)37-19(10)39-41-35-2-7-1-9(36-8(7)3-34-40)29-5-25-11-14(29)23-4-24-16(11)31/h4-10,13,18-19,33,41H,1-3,40H2,(H,23,24,31)(H3,22,27,28,32)/t7-,8-,9-,10+,13-,18-,19?/m1/s1. The van der Waals surface area contributed by atoms with E-state index in [1.165, 1.54) is 23.5 Å². The molecule has 6 heterocycles. The van der Waals surface area contributed by atoms with Gasteiger partial charge in [0.15, 0.2) is 56.2 Å². The van der Waals surface area contributed by atoms with Crippen LogP contribution in [0, 0.1) is 5.92 Å². The van der Waals surface area contributed by atoms with Crippen LogP contribution in [0.15, 0.2) is 28.6 Å². The average Bonchev–Trinajstić information content (AvgIpc) is 3.72. The van der Waals surface area contributed by atoms with Crippen LogP contribution in [0.25, 0.3) is 22.3 Å². The van der Waals surface area contributed by atoms with E-state index < -0.39 is 45.6 Å². The van der Waals surface area contributed by atoms with Crippen LogP contribution >= 0.6 is 18.5 Å². The molecule has 6 rings (SSSR count). The van der Waals surface area contributed by atoms with Crippen molar-refractivity contribution in [1.82, 2.24) is 39.0 Å². The number of rotatable bonds is 10. The zero-order valence-electron chi connectivity index (χ0n) is 20.8. The molecule has 21 heteroatoms. The molecule has 4 aromatic heterocycles. The molecule has 18 nitrogen and oxygen atoms in total. The monoisotopic (exact) mass is 615 g/mol. The zero-order chi connectivity index (χ0) is 28.7. The lowest BCUT2D eigenvalue weighted by molar-refractivity contribution is -0.300. The predicted molar refractivity (Wildman–Crippen MR) is 140 cm³/mol. The third-order valence-electron chi connectivity index (χ3n) is 6.79. The van der Waals surface area contributed by atoms with Crippen molar-refractivity contribution >= 4 is 46.8 Å². The largest absolute Gasteiger partial charge is 0.369 e. The van der Waals surface area contributed by atoms with E-state index in [-0.39, 0.29) is 53.4 Å². The van der Waals surface area contributed by atoms with Crippen LogP contribution in [0.1, 0.15) is 18.9 Å². The van der Waals surface area contributed by atoms with E-state index in [2.05, 4.69) is 44.3 Å². The van der Waals surface area contributed by atoms with Gasteiger partial charge in [0.1, 0.15) is 6.23 Å². The highest BCUT2D eigenvalue weighted by Gasteiger charge is 2.49. The smallest absolute Gasteiger partial charge is 0.280 e. The Morgan fingerprint density at radius 3 is 2.71 bits per heavy atom. The van der Waals surface area contributed by atoms with Gasteiger partial charge in [0, 0.05) is 21.8 Å². The maximum atomic E-state index is 15.1. The molecule has 0 aromatic carbocycles. The first-order chi connectivity index (χ1) is 19.9. The maximum Gasteiger partial charge on any atom is 0.280 e. The summed E-state index contributed by atoms with van der Waals surface area (Å²) in [6, 6.07) is 0. The van der Waals surface area contributed by atoms with E-state index in [9.17, 15) is 14.8 Å². The number of halogens is 1. The van der Waals surface area contributed by atoms with E-state index in [0.29, 0.717) is 12.1 Å². The van der Waals surface area contributed by atoms with Crippen molar-refractivity contribution in [2.75, 3.05) is 18.9 Å². The number of H-pyrrole nitrogens is 2. The summed E-state index contributed by atoms with van der Waals surface area (Å²) in [5.41, 5.74) is 5.19. The Morgan fingerprint density at radius 1 is 1.15 bits per heavy atom. The number of nitrogens with zero attached hydrogens (tertiary/aromatic N) is 6. The van der Waals surface area contributed by atoms with Gasteiger partial charge in [0.05, 0.1) is 38.3 Å². The van der Waals surface area contributed by atoms with Gasteiger partial charge in [-0.3, -0.25) is 29.0 Å². The lowest BCUT2D eigenvalue weighted by Crippen LogP contribution is -2.30. The molecule has 0 saturated carbocycles. The number of nitrogen functional groups attached to an aromatic ring is 1. The molecule has 220 valence electrons. The highest BCUT2D eigenvalue weighted by molar-refractivity contribution is 7.26. The first-order valence-corrected chi connectivity index (χ1v) is 13.4. The summed E-state index contributed by atoms with van der Waals surface area (Å²) in [6.07, 6.45) is -2.60. The van der Waals surface area contributed by atoms with Crippen LogP contribution in [-0.4, -0.2) is 82.2 Å². The number of hydrogen-bond acceptors (Lipinski definition) is 14. The number of nitrogens with one attached hydrogen (secondary N) is 2. The minimum absolute atomic E-state index is 0.00784. The molecule has 0 bridgehead atoms. The summed E-state index contributed by atoms with van der Waals surface area (Å²) in [5.74, 6) is -0.340. The zero-order valence-corrected chi connectivity index (χ0v) is 23.0. The summed E-state index contributed by atoms with van der Waals surface area (Å²) in [5, 5.41) is 9.38. The van der Waals surface area contributed by atoms with Crippen LogP contribution in [0.2, 0.25) is 0 Å². The summed E-state index contributed by atoms with van der Waals surface area (Å²) >= 11 is 0. The van der Waals surface area contributed by atoms with Gasteiger partial charge < -0.3 is 33.8 Å². The minimum atomic E-state index is -1.93. The number of aromatic nitrogens is 8. The average molecular weight is 615 g/mol. The second kappa shape index (κ2) is 11.7. The Bertz CT molecular complexity index is 1650. The normalized spacial score (nSPS) is 28.6. The number of hydrogen-bond donors (Lipinski definition) is 4. The Hall–Kier alpha value is -2.99. The van der Waals surface area contributed by atoms with Crippen molar-refractivity contribution < 1.29 is 37.6 Å². The fourth-order valence-corrected chi connectivity index (χ4v) is 5.68. The number of anilines is 1. The van der Waals surface area contributed by atoms with Gasteiger partial charge in [-0.15, -0.1) is 0 Å². The van der Waals surface area contributed by atoms with E-state index in [1.54, 1.807) is 4.57 Å². The number of imidazole rings is 2. The highest BCUT2D eigenvalue weighted by Crippen LogP contribution is 2.40. The lowest BCUT2D eigenvalue weighted by atomic mass is 10.0. The van der Waals surface area contributed by atoms with E-state index in [0.717, 1.165) is 0 Å². The Labute approximate surface area is 231 Å². The SMILES string of the molecule is Nc1nc2c(ncn2[C@@H]2OC(OPOC[C@H]3C[C@H](n4cnc5c(=O)[nH]cnc54)O[C@@H]3COP)[C@@H](F)[C@H]2OO)c(=O)[nH]1. The van der Waals surface area contributed by atoms with Gasteiger partial charge in [-0.1, -0.05) is 0 Å². The highest BCUT2D eigenvalue weighted by atomic mass is 31.1. The molecule has 2 fully saturated rings. The Kier molecular flexibility index (Phi) is 8.04. The molecule has 0 aliphatic carbocycles. The molecule has 5 N–H and O–H groups in total. The molecule has 4 aromatic rings. The number of ether oxygens (including phenoxy) is 2. The molecular formula is C20H24FN9O9P2. The Morgan fingerprint density at radius 2 is 1.93 bits per heavy atom. The molecular weight excluding hydrogens is 591 g/mol. The molecule has 2 aliphatic rings. The van der Waals surface area contributed by atoms with Crippen LogP contribution in [-0.2, 0) is 27.9 Å². The molecule has 41 heavy (non-hydrogen) atoms. The second-order valence-electron chi connectivity index (χ2n) is 9.21. The fourth-order valence-electron chi connectivity index (χ4n) is 4.86. The summed E-state index contributed by atoms with van der Waals surface area (Å²) in [7, 11) is 1.51. The molecule has 0 amide bonds. The topological polar surface area (TPSA) is 229 Å². The molecule has 2 aliphatic heterocycles. The van der Waals surface area contributed by atoms with Crippen molar-refractivity contribution in [2.45, 2.75) is 43.5 Å². The predicted octanol–water partition coefficient (Wildman–Crippen LogP) is 0.138. The van der Waals surface area contributed by atoms with Gasteiger partial charge in [-0.05, 0) is 0 Å². The molecule has 2 saturated heterocycles. The third-order valence-corrected chi connectivity index (χ3v) is 7.60. The van der Waals surface area contributed by atoms with E-state index in [1.807, 2.05) is 0 Å². The molecule has 0 spiro atoms. The maximum absolute atomic E-state index is 15.1. The summed E-state index contributed by atoms with van der Waals surface area (Å²) < 4.78 is 46.1. The molecule has 9 atom stereocenters. The van der Waals surface area contributed by atoms with Gasteiger partial charge in [-0.2, -0.15) is 4.98 Å². The quantitative estimate of drug-likeness (QED) is 0.0805. The van der Waals surface area contributed by atoms with Crippen molar-refractivity contribution in [3.63, 3.8) is 0 Å². The number of aromatic amines is 2. The van der Waals surface area contributed by atoms with E-state index in [4.69, 9.17) is 28.8 Å². The van der Waals surface area contributed by atoms with E-state index >= 15 is 4.39 Å². The third kappa shape index (κ3) is 5.24. The van der Waals surface area contributed by atoms with Crippen LogP contribution in [0.4, 0.5) is 10.3 Å². The molecule has 3 unspecified atom stereocenters. The minimum Gasteiger partial charge on any atom is -0.369 e. The summed E-state index contributed by atoms with van der Waals surface area (Å²) in [4.78, 5) is 49.5. The van der Waals surface area contributed by atoms with Gasteiger partial charge >= 0.3 is 0 Å².